The van der Waals surface area contributed by atoms with E-state index in [4.69, 9.17) is 0 Å². The molecule has 1 atom stereocenters. The van der Waals surface area contributed by atoms with Crippen molar-refractivity contribution in [3.05, 3.63) is 0 Å². The van der Waals surface area contributed by atoms with E-state index in [9.17, 15) is 4.79 Å². The second kappa shape index (κ2) is 6.26. The zero-order valence-electron chi connectivity index (χ0n) is 10.5. The Morgan fingerprint density at radius 1 is 1.33 bits per heavy atom. The molecular weight excluding hydrogens is 186 g/mol. The molecule has 1 saturated carbocycles. The second-order valence-electron chi connectivity index (χ2n) is 4.78. The number of Topliss-reactive ketones (excluding diaryl/α,β-unsaturated/α-hetero) is 1. The molecule has 0 aromatic carbocycles. The summed E-state index contributed by atoms with van der Waals surface area (Å²) >= 11 is 0. The minimum Gasteiger partial charge on any atom is -0.298 e. The van der Waals surface area contributed by atoms with Crippen LogP contribution in [0.1, 0.15) is 52.9 Å². The standard InChI is InChI=1S/C13H25NO/c1-4-11(3)13(15)10-14(5-2)12-8-6-7-9-12/h11-12H,4-10H2,1-3H3. The highest BCUT2D eigenvalue weighted by Crippen LogP contribution is 2.23. The molecule has 1 aliphatic carbocycles. The van der Waals surface area contributed by atoms with Crippen LogP contribution in [0, 0.1) is 5.92 Å². The van der Waals surface area contributed by atoms with Crippen LogP contribution in [0.3, 0.4) is 0 Å². The first-order chi connectivity index (χ1) is 7.19. The lowest BCUT2D eigenvalue weighted by Crippen LogP contribution is -2.38. The van der Waals surface area contributed by atoms with Crippen LogP contribution in [-0.2, 0) is 4.79 Å². The van der Waals surface area contributed by atoms with Gasteiger partial charge in [-0.15, -0.1) is 0 Å². The normalized spacial score (nSPS) is 19.7. The Balaban J connectivity index is 2.41. The summed E-state index contributed by atoms with van der Waals surface area (Å²) in [6.45, 7) is 8.00. The molecule has 1 fully saturated rings. The lowest BCUT2D eigenvalue weighted by Gasteiger charge is -2.27. The van der Waals surface area contributed by atoms with Crippen LogP contribution in [0.4, 0.5) is 0 Å². The van der Waals surface area contributed by atoms with Crippen molar-refractivity contribution in [3.63, 3.8) is 0 Å². The fraction of sp³-hybridized carbons (Fsp3) is 0.923. The topological polar surface area (TPSA) is 20.3 Å². The lowest BCUT2D eigenvalue weighted by molar-refractivity contribution is -0.124. The van der Waals surface area contributed by atoms with Crippen LogP contribution in [0.25, 0.3) is 0 Å². The molecular formula is C13H25NO. The van der Waals surface area contributed by atoms with Crippen molar-refractivity contribution in [1.29, 1.82) is 0 Å². The van der Waals surface area contributed by atoms with Gasteiger partial charge in [0, 0.05) is 12.0 Å². The van der Waals surface area contributed by atoms with Gasteiger partial charge in [-0.2, -0.15) is 0 Å². The molecule has 0 saturated heterocycles. The second-order valence-corrected chi connectivity index (χ2v) is 4.78. The molecule has 0 amide bonds. The highest BCUT2D eigenvalue weighted by Gasteiger charge is 2.24. The maximum absolute atomic E-state index is 11.9. The summed E-state index contributed by atoms with van der Waals surface area (Å²) in [5.41, 5.74) is 0. The van der Waals surface area contributed by atoms with Gasteiger partial charge in [0.1, 0.15) is 5.78 Å². The molecule has 0 spiro atoms. The number of rotatable bonds is 6. The minimum atomic E-state index is 0.237. The monoisotopic (exact) mass is 211 g/mol. The highest BCUT2D eigenvalue weighted by molar-refractivity contribution is 5.82. The number of nitrogens with zero attached hydrogens (tertiary/aromatic N) is 1. The van der Waals surface area contributed by atoms with E-state index in [1.54, 1.807) is 0 Å². The molecule has 1 rings (SSSR count). The average molecular weight is 211 g/mol. The minimum absolute atomic E-state index is 0.237. The number of hydrogen-bond donors (Lipinski definition) is 0. The van der Waals surface area contributed by atoms with E-state index in [1.165, 1.54) is 25.7 Å². The van der Waals surface area contributed by atoms with Gasteiger partial charge < -0.3 is 0 Å². The highest BCUT2D eigenvalue weighted by atomic mass is 16.1. The fourth-order valence-electron chi connectivity index (χ4n) is 2.35. The van der Waals surface area contributed by atoms with Crippen molar-refractivity contribution in [2.45, 2.75) is 58.9 Å². The molecule has 2 heteroatoms. The number of likely N-dealkylation sites (N-methyl/N-ethyl adjacent to an activating group) is 1. The predicted octanol–water partition coefficient (Wildman–Crippen LogP) is 2.87. The van der Waals surface area contributed by atoms with Crippen molar-refractivity contribution in [2.75, 3.05) is 13.1 Å². The molecule has 88 valence electrons. The van der Waals surface area contributed by atoms with E-state index in [1.807, 2.05) is 6.92 Å². The van der Waals surface area contributed by atoms with Gasteiger partial charge in [0.2, 0.25) is 0 Å². The fourth-order valence-corrected chi connectivity index (χ4v) is 2.35. The lowest BCUT2D eigenvalue weighted by atomic mass is 10.0. The van der Waals surface area contributed by atoms with E-state index in [0.29, 0.717) is 18.4 Å². The summed E-state index contributed by atoms with van der Waals surface area (Å²) in [5, 5.41) is 0. The molecule has 0 heterocycles. The van der Waals surface area contributed by atoms with Gasteiger partial charge in [0.15, 0.2) is 0 Å². The quantitative estimate of drug-likeness (QED) is 0.673. The molecule has 1 unspecified atom stereocenters. The molecule has 0 bridgehead atoms. The summed E-state index contributed by atoms with van der Waals surface area (Å²) in [4.78, 5) is 14.2. The van der Waals surface area contributed by atoms with E-state index >= 15 is 0 Å². The van der Waals surface area contributed by atoms with Gasteiger partial charge in [0.25, 0.3) is 0 Å². The van der Waals surface area contributed by atoms with Crippen molar-refractivity contribution in [1.82, 2.24) is 4.90 Å². The zero-order chi connectivity index (χ0) is 11.3. The molecule has 0 aromatic rings. The van der Waals surface area contributed by atoms with E-state index in [-0.39, 0.29) is 5.92 Å². The van der Waals surface area contributed by atoms with Crippen molar-refractivity contribution in [3.8, 4) is 0 Å². The maximum atomic E-state index is 11.9. The summed E-state index contributed by atoms with van der Waals surface area (Å²) in [7, 11) is 0. The van der Waals surface area contributed by atoms with Gasteiger partial charge in [-0.05, 0) is 25.8 Å². The number of ketones is 1. The van der Waals surface area contributed by atoms with Crippen LogP contribution in [0.15, 0.2) is 0 Å². The van der Waals surface area contributed by atoms with E-state index < -0.39 is 0 Å². The number of carbonyl (C=O) groups is 1. The Morgan fingerprint density at radius 3 is 2.40 bits per heavy atom. The average Bonchev–Trinajstić information content (AvgIpc) is 2.77. The largest absolute Gasteiger partial charge is 0.298 e. The van der Waals surface area contributed by atoms with Gasteiger partial charge in [0.05, 0.1) is 6.54 Å². The third-order valence-corrected chi connectivity index (χ3v) is 3.77. The van der Waals surface area contributed by atoms with Crippen LogP contribution in [0.2, 0.25) is 0 Å². The summed E-state index contributed by atoms with van der Waals surface area (Å²) in [6, 6.07) is 0.683. The third-order valence-electron chi connectivity index (χ3n) is 3.77. The van der Waals surface area contributed by atoms with E-state index in [2.05, 4.69) is 18.7 Å². The van der Waals surface area contributed by atoms with Crippen LogP contribution in [-0.4, -0.2) is 29.8 Å². The van der Waals surface area contributed by atoms with Gasteiger partial charge in [-0.1, -0.05) is 33.6 Å². The first-order valence-electron chi connectivity index (χ1n) is 6.45. The Labute approximate surface area is 94.0 Å². The first-order valence-corrected chi connectivity index (χ1v) is 6.45. The SMILES string of the molecule is CCC(C)C(=O)CN(CC)C1CCCC1. The molecule has 0 aromatic heterocycles. The maximum Gasteiger partial charge on any atom is 0.149 e. The number of hydrogen-bond acceptors (Lipinski definition) is 2. The molecule has 2 nitrogen and oxygen atoms in total. The Hall–Kier alpha value is -0.370. The molecule has 0 aliphatic heterocycles. The Morgan fingerprint density at radius 2 is 1.93 bits per heavy atom. The third kappa shape index (κ3) is 3.60. The number of carbonyl (C=O) groups excluding carboxylic acids is 1. The molecule has 0 radical (unpaired) electrons. The first kappa shape index (κ1) is 12.7. The Kier molecular flexibility index (Phi) is 5.30. The van der Waals surface area contributed by atoms with Crippen molar-refractivity contribution in [2.24, 2.45) is 5.92 Å². The van der Waals surface area contributed by atoms with Gasteiger partial charge in [-0.3, -0.25) is 9.69 Å². The molecule has 1 aliphatic rings. The van der Waals surface area contributed by atoms with Crippen LogP contribution >= 0.6 is 0 Å². The summed E-state index contributed by atoms with van der Waals surface area (Å²) in [5.74, 6) is 0.659. The predicted molar refractivity (Wildman–Crippen MR) is 64.0 cm³/mol. The summed E-state index contributed by atoms with van der Waals surface area (Å²) in [6.07, 6.45) is 6.25. The van der Waals surface area contributed by atoms with E-state index in [0.717, 1.165) is 13.0 Å². The van der Waals surface area contributed by atoms with Crippen molar-refractivity contribution < 1.29 is 4.79 Å². The van der Waals surface area contributed by atoms with Crippen LogP contribution < -0.4 is 0 Å². The molecule has 0 N–H and O–H groups in total. The molecule has 15 heavy (non-hydrogen) atoms. The smallest absolute Gasteiger partial charge is 0.149 e. The van der Waals surface area contributed by atoms with Gasteiger partial charge in [-0.25, -0.2) is 0 Å². The van der Waals surface area contributed by atoms with Crippen LogP contribution in [0.5, 0.6) is 0 Å². The Bertz CT molecular complexity index is 197. The van der Waals surface area contributed by atoms with Crippen molar-refractivity contribution >= 4 is 5.78 Å². The van der Waals surface area contributed by atoms with Gasteiger partial charge >= 0.3 is 0 Å². The summed E-state index contributed by atoms with van der Waals surface area (Å²) < 4.78 is 0. The zero-order valence-corrected chi connectivity index (χ0v) is 10.5.